The summed E-state index contributed by atoms with van der Waals surface area (Å²) in [5.41, 5.74) is 0.823. The molecule has 0 unspecified atom stereocenters. The minimum absolute atomic E-state index is 0.120. The van der Waals surface area contributed by atoms with E-state index in [4.69, 9.17) is 9.47 Å². The van der Waals surface area contributed by atoms with Crippen molar-refractivity contribution in [3.05, 3.63) is 82.9 Å². The Morgan fingerprint density at radius 3 is 2.26 bits per heavy atom. The van der Waals surface area contributed by atoms with Crippen molar-refractivity contribution >= 4 is 51.0 Å². The Hall–Kier alpha value is -4.00. The first-order chi connectivity index (χ1) is 25.4. The lowest BCUT2D eigenvalue weighted by molar-refractivity contribution is -0.164. The quantitative estimate of drug-likeness (QED) is 0.285. The van der Waals surface area contributed by atoms with Crippen molar-refractivity contribution in [3.63, 3.8) is 0 Å². The van der Waals surface area contributed by atoms with Gasteiger partial charge in [0, 0.05) is 49.0 Å². The van der Waals surface area contributed by atoms with Crippen LogP contribution < -0.4 is 9.80 Å². The van der Waals surface area contributed by atoms with Crippen LogP contribution in [0.25, 0.3) is 0 Å². The highest BCUT2D eigenvalue weighted by atomic mass is 79.9. The Labute approximate surface area is 320 Å². The second-order valence-electron chi connectivity index (χ2n) is 14.7. The number of aliphatic hydroxyl groups is 1. The zero-order valence-corrected chi connectivity index (χ0v) is 32.9. The Balaban J connectivity index is 1.50. The molecule has 53 heavy (non-hydrogen) atoms. The maximum Gasteiger partial charge on any atom is 0.313 e. The summed E-state index contributed by atoms with van der Waals surface area (Å²) in [7, 11) is 1.70. The third-order valence-electron chi connectivity index (χ3n) is 11.5. The van der Waals surface area contributed by atoms with Gasteiger partial charge in [-0.2, -0.15) is 0 Å². The number of rotatable bonds is 8. The van der Waals surface area contributed by atoms with E-state index in [0.717, 1.165) is 18.8 Å². The number of allylic oxidation sites excluding steroid dienone is 1. The smallest absolute Gasteiger partial charge is 0.313 e. The van der Waals surface area contributed by atoms with Gasteiger partial charge < -0.3 is 34.2 Å². The maximum atomic E-state index is 15.3. The lowest BCUT2D eigenvalue weighted by atomic mass is 9.74. The summed E-state index contributed by atoms with van der Waals surface area (Å²) in [6.07, 6.45) is 4.47. The minimum atomic E-state index is -1.51. The number of carbonyl (C=O) groups excluding carboxylic acids is 4. The van der Waals surface area contributed by atoms with E-state index in [0.29, 0.717) is 22.2 Å². The zero-order chi connectivity index (χ0) is 38.2. The average molecular weight is 792 g/mol. The zero-order valence-electron chi connectivity index (χ0n) is 31.4. The fourth-order valence-corrected chi connectivity index (χ4v) is 9.22. The number of nitrogens with zero attached hydrogens (tertiary/aromatic N) is 4. The van der Waals surface area contributed by atoms with E-state index in [-0.39, 0.29) is 31.4 Å². The molecule has 11 nitrogen and oxygen atoms in total. The van der Waals surface area contributed by atoms with Gasteiger partial charge in [-0.1, -0.05) is 72.3 Å². The molecule has 0 saturated carbocycles. The minimum Gasteiger partial charge on any atom is -0.455 e. The second-order valence-corrected chi connectivity index (χ2v) is 15.6. The summed E-state index contributed by atoms with van der Waals surface area (Å²) in [5, 5.41) is 10.8. The topological polar surface area (TPSA) is 120 Å². The molecule has 3 amide bonds. The predicted octanol–water partition coefficient (Wildman–Crippen LogP) is 5.24. The molecule has 2 fully saturated rings. The third-order valence-corrected chi connectivity index (χ3v) is 12.2. The highest BCUT2D eigenvalue weighted by Gasteiger charge is 2.75. The van der Waals surface area contributed by atoms with E-state index in [1.54, 1.807) is 22.9 Å². The van der Waals surface area contributed by atoms with Gasteiger partial charge in [-0.05, 0) is 69.0 Å². The van der Waals surface area contributed by atoms with Crippen molar-refractivity contribution in [1.82, 2.24) is 9.80 Å². The van der Waals surface area contributed by atoms with Crippen molar-refractivity contribution in [3.8, 4) is 0 Å². The molecule has 2 aromatic rings. The van der Waals surface area contributed by atoms with Gasteiger partial charge in [-0.25, -0.2) is 0 Å². The van der Waals surface area contributed by atoms with Gasteiger partial charge in [-0.15, -0.1) is 0 Å². The normalized spacial score (nSPS) is 30.4. The number of amides is 3. The summed E-state index contributed by atoms with van der Waals surface area (Å²) in [6, 6.07) is 14.5. The first-order valence-corrected chi connectivity index (χ1v) is 19.5. The molecule has 0 aliphatic carbocycles. The molecule has 5 bridgehead atoms. The molecule has 8 atom stereocenters. The maximum absolute atomic E-state index is 15.3. The van der Waals surface area contributed by atoms with Crippen LogP contribution in [0.3, 0.4) is 0 Å². The van der Waals surface area contributed by atoms with Crippen LogP contribution in [0.1, 0.15) is 59.1 Å². The number of halogens is 1. The van der Waals surface area contributed by atoms with Crippen LogP contribution in [-0.4, -0.2) is 102 Å². The first kappa shape index (κ1) is 38.7. The molecule has 12 heteroatoms. The molecule has 2 aromatic carbocycles. The molecule has 6 rings (SSSR count). The number of hydrogen-bond donors (Lipinski definition) is 1. The number of cyclic esters (lactones) is 1. The summed E-state index contributed by atoms with van der Waals surface area (Å²) >= 11 is 3.64. The Morgan fingerprint density at radius 1 is 0.962 bits per heavy atom. The number of fused-ring (bicyclic) bond motifs is 2. The van der Waals surface area contributed by atoms with E-state index >= 15 is 4.79 Å². The molecule has 0 radical (unpaired) electrons. The van der Waals surface area contributed by atoms with Gasteiger partial charge in [0.25, 0.3) is 5.91 Å². The largest absolute Gasteiger partial charge is 0.455 e. The van der Waals surface area contributed by atoms with Gasteiger partial charge in [0.05, 0.1) is 24.6 Å². The van der Waals surface area contributed by atoms with Gasteiger partial charge in [0.1, 0.15) is 29.8 Å². The van der Waals surface area contributed by atoms with Crippen LogP contribution in [0.5, 0.6) is 0 Å². The fourth-order valence-electron chi connectivity index (χ4n) is 8.49. The van der Waals surface area contributed by atoms with E-state index in [9.17, 15) is 19.5 Å². The SMILES string of the molecule is CCN(CC)c1ccc(N2C/C=C\CCC(=O)N(C)[C@H](C)[C@@H](c3ccccc3)OC(=O)[C@@H]3[C@H]4O[C@@]5(C=C4Br)[C@H](C2=O)N([C@@H](CO)C(C)C)C(=O)[C@@H]35)cc1. The third kappa shape index (κ3) is 6.82. The number of carbonyl (C=O) groups is 4. The first-order valence-electron chi connectivity index (χ1n) is 18.7. The van der Waals surface area contributed by atoms with Crippen LogP contribution in [0.2, 0.25) is 0 Å². The van der Waals surface area contributed by atoms with E-state index in [1.165, 1.54) is 4.90 Å². The van der Waals surface area contributed by atoms with Crippen molar-refractivity contribution in [2.45, 2.75) is 83.4 Å². The number of aliphatic hydroxyl groups excluding tert-OH is 1. The van der Waals surface area contributed by atoms with Crippen LogP contribution >= 0.6 is 15.9 Å². The molecule has 4 aliphatic heterocycles. The number of likely N-dealkylation sites (N-methyl/N-ethyl adjacent to an activating group) is 1. The predicted molar refractivity (Wildman–Crippen MR) is 206 cm³/mol. The molecule has 1 N–H and O–H groups in total. The van der Waals surface area contributed by atoms with Crippen molar-refractivity contribution in [2.75, 3.05) is 43.1 Å². The Bertz CT molecular complexity index is 1750. The van der Waals surface area contributed by atoms with Crippen molar-refractivity contribution in [2.24, 2.45) is 17.8 Å². The summed E-state index contributed by atoms with van der Waals surface area (Å²) < 4.78 is 13.6. The Morgan fingerprint density at radius 2 is 1.64 bits per heavy atom. The summed E-state index contributed by atoms with van der Waals surface area (Å²) in [6.45, 7) is 11.2. The van der Waals surface area contributed by atoms with E-state index in [1.807, 2.05) is 87.5 Å². The lowest BCUT2D eigenvalue weighted by Crippen LogP contribution is -2.59. The molecular weight excluding hydrogens is 740 g/mol. The van der Waals surface area contributed by atoms with Gasteiger partial charge >= 0.3 is 5.97 Å². The highest BCUT2D eigenvalue weighted by Crippen LogP contribution is 2.59. The van der Waals surface area contributed by atoms with E-state index in [2.05, 4.69) is 34.7 Å². The Kier molecular flexibility index (Phi) is 11.5. The van der Waals surface area contributed by atoms with Crippen LogP contribution in [0.4, 0.5) is 11.4 Å². The van der Waals surface area contributed by atoms with Crippen LogP contribution in [0, 0.1) is 17.8 Å². The molecule has 0 aromatic heterocycles. The van der Waals surface area contributed by atoms with Crippen LogP contribution in [0.15, 0.2) is 77.3 Å². The average Bonchev–Trinajstić information content (AvgIpc) is 3.75. The monoisotopic (exact) mass is 790 g/mol. The molecular formula is C41H51BrN4O7. The molecule has 4 aliphatic rings. The van der Waals surface area contributed by atoms with E-state index < -0.39 is 65.6 Å². The van der Waals surface area contributed by atoms with Crippen LogP contribution in [-0.2, 0) is 28.7 Å². The lowest BCUT2D eigenvalue weighted by Gasteiger charge is -2.40. The number of ether oxygens (including phenoxy) is 2. The number of hydrogen-bond acceptors (Lipinski definition) is 8. The summed E-state index contributed by atoms with van der Waals surface area (Å²) in [5.74, 6) is -4.03. The van der Waals surface area contributed by atoms with Crippen molar-refractivity contribution in [1.29, 1.82) is 0 Å². The highest BCUT2D eigenvalue weighted by molar-refractivity contribution is 9.11. The number of anilines is 2. The van der Waals surface area contributed by atoms with Gasteiger partial charge in [0.2, 0.25) is 11.8 Å². The van der Waals surface area contributed by atoms with Crippen molar-refractivity contribution < 1.29 is 33.8 Å². The standard InChI is InChI=1S/C41H51BrN4O7/c1-7-44(8-2)28-18-20-29(21-19-28)45-22-14-10-13-17-32(48)43(6)26(5)35(27-15-11-9-12-16-27)52-40(51)33-34-38(49)46(31(24-47)25(3)4)37(39(45)50)41(34)23-30(42)36(33)53-41/h9-12,14-16,18-21,23,25-26,31,33-37,47H,7-8,13,17,22,24H2,1-6H3/b14-10-/t26-,31+,33+,34-,35+,36+,37+,41-/m1/s1. The number of benzene rings is 2. The molecule has 2 saturated heterocycles. The molecule has 1 spiro atoms. The number of likely N-dealkylation sites (tertiary alicyclic amines) is 1. The molecule has 4 heterocycles. The number of esters is 1. The van der Waals surface area contributed by atoms with Gasteiger partial charge in [-0.3, -0.25) is 19.2 Å². The fraction of sp³-hybridized carbons (Fsp3) is 0.512. The van der Waals surface area contributed by atoms with Gasteiger partial charge in [0.15, 0.2) is 0 Å². The summed E-state index contributed by atoms with van der Waals surface area (Å²) in [4.78, 5) is 65.2. The molecule has 284 valence electrons. The second kappa shape index (κ2) is 15.8.